The minimum atomic E-state index is -0.381. The molecule has 0 aliphatic carbocycles. The molecule has 9 heterocycles. The summed E-state index contributed by atoms with van der Waals surface area (Å²) in [6.07, 6.45) is 4.58. The van der Waals surface area contributed by atoms with Gasteiger partial charge in [0.15, 0.2) is 0 Å². The standard InChI is InChI=1S/C19H24N4OSe2.C10H11ClN2Se.C10H12N2OSe.C9H14N2OSe.C9H12N2Se/c1-18(2,3)12-7-10-15(26-12)17(22-9-21-10)23-11-8-13(19(4,5)6)25-14(11)16(20)24;1-10(2,3)7-4-6-8(14-7)9(11)13-5-12-6;1-10(2,3)7-4-6-8(14-7)9(13)12-5-11-6;1-9(2,3)6-4-5(10)7(13-6)8(11)12;1-9(2,3)8-4-6(11)7(5-10)12-8/h7-9H,1-6H3,(H2,20,24)(H,21,22,23);4-5H,1-3H3;4-5H,1-3H3,(H,11,12,13);4H,10H2,1-3H3,(H2,11,12);4H,11H2,1-3H3. The Bertz CT molecular complexity index is 3720. The van der Waals surface area contributed by atoms with E-state index in [0.717, 1.165) is 45.3 Å². The van der Waals surface area contributed by atoms with Crippen molar-refractivity contribution in [2.75, 3.05) is 16.8 Å². The first-order chi connectivity index (χ1) is 36.2. The number of aromatic amines is 1. The van der Waals surface area contributed by atoms with Crippen LogP contribution in [-0.2, 0) is 32.5 Å². The van der Waals surface area contributed by atoms with Crippen molar-refractivity contribution >= 4 is 163 Å². The fraction of sp³-hybridized carbons (Fsp3) is 0.421. The number of nitriles is 1. The molecule has 9 aromatic rings. The van der Waals surface area contributed by atoms with Gasteiger partial charge < -0.3 is 0 Å². The zero-order valence-corrected chi connectivity index (χ0v) is 59.3. The summed E-state index contributed by atoms with van der Waals surface area (Å²) in [6.45, 7) is 39.1. The van der Waals surface area contributed by atoms with Gasteiger partial charge >= 0.3 is 510 Å². The van der Waals surface area contributed by atoms with E-state index in [-0.39, 0.29) is 122 Å². The van der Waals surface area contributed by atoms with Gasteiger partial charge in [0, 0.05) is 0 Å². The molecule has 10 N–H and O–H groups in total. The number of nitrogens with two attached hydrogens (primary N) is 4. The van der Waals surface area contributed by atoms with Crippen LogP contribution in [0.4, 0.5) is 22.9 Å². The number of amides is 2. The van der Waals surface area contributed by atoms with Crippen molar-refractivity contribution in [3.63, 3.8) is 0 Å². The van der Waals surface area contributed by atoms with E-state index in [2.05, 4.69) is 190 Å². The first kappa shape index (κ1) is 65.7. The van der Waals surface area contributed by atoms with Crippen molar-refractivity contribution in [2.24, 2.45) is 11.5 Å². The third-order valence-electron chi connectivity index (χ3n) is 11.4. The van der Waals surface area contributed by atoms with Crippen molar-refractivity contribution in [1.29, 1.82) is 5.26 Å². The number of anilines is 4. The van der Waals surface area contributed by atoms with Crippen LogP contribution in [0.3, 0.4) is 0 Å². The summed E-state index contributed by atoms with van der Waals surface area (Å²) in [5, 5.41) is 12.7. The average Bonchev–Trinajstić information content (AvgIpc) is 4.18. The summed E-state index contributed by atoms with van der Waals surface area (Å²) >= 11 is 6.77. The summed E-state index contributed by atoms with van der Waals surface area (Å²) in [7, 11) is 0. The van der Waals surface area contributed by atoms with Crippen LogP contribution in [0.15, 0.2) is 60.2 Å². The number of H-pyrrole nitrogens is 1. The van der Waals surface area contributed by atoms with Gasteiger partial charge in [0.1, 0.15) is 0 Å². The SMILES string of the molecule is CC(C)(C)c1cc(N)c(C#N)[se]1.CC(C)(C)c1cc(N)c(C(N)=O)[se]1.CC(C)(C)c1cc(Nc2ncnc3cc(C(C)(C)C)[se]c23)c(C(N)=O)[se]1.CC(C)(C)c1cc2nc[nH]c(=O)c2[se]1.CC(C)(C)c1cc2ncnc(Cl)c2[se]1. The Morgan fingerprint density at radius 1 is 0.519 bits per heavy atom. The number of primary amides is 2. The Kier molecular flexibility index (Phi) is 21.3. The van der Waals surface area contributed by atoms with Crippen LogP contribution < -0.4 is 33.8 Å². The van der Waals surface area contributed by atoms with Gasteiger partial charge in [0.05, 0.1) is 0 Å². The maximum absolute atomic E-state index is 12.0. The zero-order chi connectivity index (χ0) is 59.5. The monoisotopic (exact) mass is 1490 g/mol. The molecule has 0 aromatic carbocycles. The molecule has 9 rings (SSSR count). The molecule has 422 valence electrons. The van der Waals surface area contributed by atoms with Gasteiger partial charge in [-0.25, -0.2) is 0 Å². The molecule has 0 spiro atoms. The van der Waals surface area contributed by atoms with E-state index in [1.807, 2.05) is 12.1 Å². The van der Waals surface area contributed by atoms with Crippen molar-refractivity contribution < 1.29 is 9.59 Å². The average molecular weight is 1480 g/mol. The number of nitrogens with one attached hydrogen (secondary N) is 2. The quantitative estimate of drug-likeness (QED) is 0.0711. The molecule has 0 fully saturated rings. The first-order valence-corrected chi connectivity index (χ1v) is 35.7. The molecule has 79 heavy (non-hydrogen) atoms. The molecule has 2 amide bonds. The summed E-state index contributed by atoms with van der Waals surface area (Å²) in [5.74, 6) is 0.0576. The molecule has 15 nitrogen and oxygen atoms in total. The summed E-state index contributed by atoms with van der Waals surface area (Å²) in [4.78, 5) is 58.3. The van der Waals surface area contributed by atoms with E-state index in [9.17, 15) is 14.4 Å². The number of carbonyl (C=O) groups is 2. The summed E-state index contributed by atoms with van der Waals surface area (Å²) in [6, 6.07) is 14.5. The predicted octanol–water partition coefficient (Wildman–Crippen LogP) is 9.31. The predicted molar refractivity (Wildman–Crippen MR) is 333 cm³/mol. The Hall–Kier alpha value is -4.06. The number of hydrogen-bond acceptors (Lipinski definition) is 12. The van der Waals surface area contributed by atoms with Crippen molar-refractivity contribution in [3.05, 3.63) is 111 Å². The van der Waals surface area contributed by atoms with Crippen molar-refractivity contribution in [2.45, 2.75) is 157 Å². The molecule has 22 heteroatoms. The maximum atomic E-state index is 12.0. The first-order valence-electron chi connectivity index (χ1n) is 25.0. The number of hydrogen-bond donors (Lipinski definition) is 6. The zero-order valence-electron chi connectivity index (χ0n) is 48.2. The normalized spacial score (nSPS) is 12.1. The molecule has 0 radical (unpaired) electrons. The second-order valence-corrected chi connectivity index (χ2v) is 38.3. The van der Waals surface area contributed by atoms with E-state index in [1.54, 1.807) is 6.33 Å². The molecule has 0 aliphatic rings. The second kappa shape index (κ2) is 25.6. The number of fused-ring (bicyclic) bond motifs is 3. The number of nitrogen functional groups attached to an aromatic ring is 2. The molecule has 9 aromatic heterocycles. The topological polar surface area (TPSA) is 271 Å². The van der Waals surface area contributed by atoms with E-state index < -0.39 is 0 Å². The fourth-order valence-electron chi connectivity index (χ4n) is 6.74. The van der Waals surface area contributed by atoms with Crippen LogP contribution >= 0.6 is 11.6 Å². The number of carbonyl (C=O) groups excluding carboxylic acids is 2. The third kappa shape index (κ3) is 17.5. The molecule has 0 aliphatic heterocycles. The van der Waals surface area contributed by atoms with Crippen LogP contribution in [0, 0.1) is 11.3 Å². The Labute approximate surface area is 505 Å². The molecule has 0 unspecified atom stereocenters. The molecular weight excluding hydrogens is 1410 g/mol. The Balaban J connectivity index is 0.000000189. The van der Waals surface area contributed by atoms with E-state index in [0.29, 0.717) is 39.9 Å². The van der Waals surface area contributed by atoms with Crippen LogP contribution in [0.2, 0.25) is 5.15 Å². The van der Waals surface area contributed by atoms with Gasteiger partial charge in [0.2, 0.25) is 0 Å². The molecule has 0 bridgehead atoms. The van der Waals surface area contributed by atoms with Crippen LogP contribution in [-0.4, -0.2) is 129 Å². The van der Waals surface area contributed by atoms with Crippen molar-refractivity contribution in [3.8, 4) is 6.07 Å². The van der Waals surface area contributed by atoms with Gasteiger partial charge in [-0.05, 0) is 0 Å². The minimum absolute atomic E-state index is 0.0165. The van der Waals surface area contributed by atoms with E-state index in [1.165, 1.54) is 39.3 Å². The van der Waals surface area contributed by atoms with Crippen molar-refractivity contribution in [1.82, 2.24) is 29.9 Å². The van der Waals surface area contributed by atoms with Crippen LogP contribution in [0.1, 0.15) is 174 Å². The summed E-state index contributed by atoms with van der Waals surface area (Å²) in [5.41, 5.74) is 27.8. The number of rotatable bonds is 4. The van der Waals surface area contributed by atoms with E-state index in [4.69, 9.17) is 39.8 Å². The Morgan fingerprint density at radius 2 is 0.911 bits per heavy atom. The van der Waals surface area contributed by atoms with Gasteiger partial charge in [-0.1, -0.05) is 0 Å². The number of aromatic nitrogens is 6. The van der Waals surface area contributed by atoms with Gasteiger partial charge in [0.25, 0.3) is 0 Å². The van der Waals surface area contributed by atoms with Gasteiger partial charge in [-0.3, -0.25) is 0 Å². The van der Waals surface area contributed by atoms with Gasteiger partial charge in [-0.2, -0.15) is 0 Å². The van der Waals surface area contributed by atoms with Crippen LogP contribution in [0.25, 0.3) is 29.3 Å². The third-order valence-corrected chi connectivity index (χ3v) is 31.5. The Morgan fingerprint density at radius 3 is 1.32 bits per heavy atom. The fourth-order valence-corrected chi connectivity index (χ4v) is 20.0. The molecular formula is C57H73ClN12O3Se6. The molecule has 0 saturated heterocycles. The number of halogens is 1. The summed E-state index contributed by atoms with van der Waals surface area (Å²) < 4.78 is 13.2. The number of nitrogens with zero attached hydrogens (tertiary/aromatic N) is 6. The molecule has 0 atom stereocenters. The molecule has 0 saturated carbocycles. The van der Waals surface area contributed by atoms with Crippen LogP contribution in [0.5, 0.6) is 0 Å². The van der Waals surface area contributed by atoms with Gasteiger partial charge in [-0.15, -0.1) is 0 Å². The second-order valence-electron chi connectivity index (χ2n) is 24.7. The van der Waals surface area contributed by atoms with E-state index >= 15 is 0 Å².